The Hall–Kier alpha value is -4.11. The molecular formula is C29H29NO8. The molecule has 2 atom stereocenters. The number of fused-ring (bicyclic) bond motifs is 3. The van der Waals surface area contributed by atoms with Gasteiger partial charge in [-0.1, -0.05) is 18.2 Å². The number of ether oxygens (including phenoxy) is 7. The molecule has 3 heterocycles. The molecule has 0 radical (unpaired) electrons. The van der Waals surface area contributed by atoms with Gasteiger partial charge >= 0.3 is 5.97 Å². The van der Waals surface area contributed by atoms with Crippen LogP contribution in [0.2, 0.25) is 0 Å². The smallest absolute Gasteiger partial charge is 0.343 e. The standard InChI is InChI=1S/C29H29NO8/c1-30-12-11-17-20(15-7-6-8-16(13-15)32-2)27-28(37-14-36-27)26(35-5)21(17)23(30)24-18-9-10-19(33-3)25(34-4)22(18)29(31)38-24/h6-10,13,23-24H,11-12,14H2,1-5H3. The van der Waals surface area contributed by atoms with E-state index in [9.17, 15) is 4.79 Å². The summed E-state index contributed by atoms with van der Waals surface area (Å²) in [6.07, 6.45) is 0.134. The lowest BCUT2D eigenvalue weighted by atomic mass is 9.81. The third-order valence-electron chi connectivity index (χ3n) is 7.57. The Morgan fingerprint density at radius 2 is 1.68 bits per heavy atom. The molecule has 0 fully saturated rings. The van der Waals surface area contributed by atoms with Gasteiger partial charge in [-0.25, -0.2) is 4.79 Å². The van der Waals surface area contributed by atoms with E-state index in [0.717, 1.165) is 46.5 Å². The van der Waals surface area contributed by atoms with E-state index < -0.39 is 12.1 Å². The van der Waals surface area contributed by atoms with Crippen molar-refractivity contribution in [2.45, 2.75) is 18.6 Å². The molecule has 3 aromatic rings. The Balaban J connectivity index is 1.60. The molecule has 38 heavy (non-hydrogen) atoms. The van der Waals surface area contributed by atoms with Crippen molar-refractivity contribution in [3.63, 3.8) is 0 Å². The molecule has 0 spiro atoms. The lowest BCUT2D eigenvalue weighted by Crippen LogP contribution is -2.36. The average molecular weight is 520 g/mol. The van der Waals surface area contributed by atoms with Crippen molar-refractivity contribution in [3.8, 4) is 45.6 Å². The zero-order valence-electron chi connectivity index (χ0n) is 22.0. The molecule has 9 nitrogen and oxygen atoms in total. The third kappa shape index (κ3) is 3.45. The number of cyclic esters (lactones) is 1. The van der Waals surface area contributed by atoms with Crippen LogP contribution < -0.4 is 28.4 Å². The van der Waals surface area contributed by atoms with Gasteiger partial charge in [0.15, 0.2) is 23.0 Å². The molecule has 3 aliphatic heterocycles. The first-order valence-corrected chi connectivity index (χ1v) is 12.3. The normalized spacial score (nSPS) is 19.4. The number of nitrogens with zero attached hydrogens (tertiary/aromatic N) is 1. The summed E-state index contributed by atoms with van der Waals surface area (Å²) < 4.78 is 40.6. The van der Waals surface area contributed by atoms with Crippen molar-refractivity contribution in [2.24, 2.45) is 0 Å². The quantitative estimate of drug-likeness (QED) is 0.435. The highest BCUT2D eigenvalue weighted by atomic mass is 16.7. The number of carbonyl (C=O) groups is 1. The molecule has 0 saturated heterocycles. The van der Waals surface area contributed by atoms with Crippen LogP contribution in [0.5, 0.6) is 34.5 Å². The Morgan fingerprint density at radius 1 is 0.895 bits per heavy atom. The summed E-state index contributed by atoms with van der Waals surface area (Å²) in [5.74, 6) is 2.90. The van der Waals surface area contributed by atoms with Crippen molar-refractivity contribution in [2.75, 3.05) is 48.8 Å². The molecule has 0 aromatic heterocycles. The van der Waals surface area contributed by atoms with Gasteiger partial charge in [-0.2, -0.15) is 0 Å². The number of carbonyl (C=O) groups excluding carboxylic acids is 1. The van der Waals surface area contributed by atoms with Crippen LogP contribution in [0.25, 0.3) is 11.1 Å². The van der Waals surface area contributed by atoms with Gasteiger partial charge in [-0.05, 0) is 42.8 Å². The van der Waals surface area contributed by atoms with Crippen molar-refractivity contribution >= 4 is 5.97 Å². The monoisotopic (exact) mass is 519 g/mol. The second kappa shape index (κ2) is 9.33. The van der Waals surface area contributed by atoms with E-state index in [1.54, 1.807) is 27.4 Å². The summed E-state index contributed by atoms with van der Waals surface area (Å²) in [6.45, 7) is 0.818. The molecule has 0 N–H and O–H groups in total. The first kappa shape index (κ1) is 24.2. The number of benzene rings is 3. The van der Waals surface area contributed by atoms with Gasteiger partial charge in [0, 0.05) is 23.2 Å². The van der Waals surface area contributed by atoms with Crippen LogP contribution in [0.15, 0.2) is 36.4 Å². The molecule has 3 aliphatic rings. The van der Waals surface area contributed by atoms with Crippen LogP contribution in [-0.4, -0.2) is 59.7 Å². The number of methoxy groups -OCH3 is 4. The first-order valence-electron chi connectivity index (χ1n) is 12.3. The molecule has 2 unspecified atom stereocenters. The zero-order chi connectivity index (χ0) is 26.6. The summed E-state index contributed by atoms with van der Waals surface area (Å²) in [5, 5.41) is 0. The van der Waals surface area contributed by atoms with Crippen LogP contribution in [0, 0.1) is 0 Å². The van der Waals surface area contributed by atoms with Crippen LogP contribution in [0.4, 0.5) is 0 Å². The van der Waals surface area contributed by atoms with Gasteiger partial charge in [-0.3, -0.25) is 4.90 Å². The number of esters is 1. The largest absolute Gasteiger partial charge is 0.497 e. The van der Waals surface area contributed by atoms with Crippen molar-refractivity contribution in [3.05, 3.63) is 58.7 Å². The minimum Gasteiger partial charge on any atom is -0.497 e. The molecule has 6 rings (SSSR count). The van der Waals surface area contributed by atoms with E-state index in [1.807, 2.05) is 37.4 Å². The van der Waals surface area contributed by atoms with E-state index in [-0.39, 0.29) is 12.8 Å². The topological polar surface area (TPSA) is 84.9 Å². The van der Waals surface area contributed by atoms with E-state index in [0.29, 0.717) is 34.3 Å². The van der Waals surface area contributed by atoms with Gasteiger partial charge in [0.1, 0.15) is 17.4 Å². The Morgan fingerprint density at radius 3 is 2.42 bits per heavy atom. The van der Waals surface area contributed by atoms with Crippen LogP contribution in [-0.2, 0) is 11.2 Å². The fourth-order valence-electron chi connectivity index (χ4n) is 5.92. The molecule has 3 aromatic carbocycles. The van der Waals surface area contributed by atoms with Gasteiger partial charge in [0.05, 0.1) is 34.5 Å². The minimum atomic E-state index is -0.603. The molecule has 0 bridgehead atoms. The molecule has 0 amide bonds. The zero-order valence-corrected chi connectivity index (χ0v) is 22.0. The fraction of sp³-hybridized carbons (Fsp3) is 0.345. The maximum absolute atomic E-state index is 13.2. The maximum atomic E-state index is 13.2. The molecule has 198 valence electrons. The number of likely N-dealkylation sites (N-methyl/N-ethyl adjacent to an activating group) is 1. The van der Waals surface area contributed by atoms with Crippen molar-refractivity contribution < 1.29 is 38.0 Å². The Bertz CT molecular complexity index is 1430. The third-order valence-corrected chi connectivity index (χ3v) is 7.57. The Kier molecular flexibility index (Phi) is 5.95. The number of hydrogen-bond acceptors (Lipinski definition) is 9. The highest BCUT2D eigenvalue weighted by Crippen LogP contribution is 2.59. The van der Waals surface area contributed by atoms with Crippen LogP contribution in [0.1, 0.15) is 39.2 Å². The van der Waals surface area contributed by atoms with E-state index in [4.69, 9.17) is 33.2 Å². The van der Waals surface area contributed by atoms with Crippen molar-refractivity contribution in [1.29, 1.82) is 0 Å². The van der Waals surface area contributed by atoms with Crippen molar-refractivity contribution in [1.82, 2.24) is 4.90 Å². The highest BCUT2D eigenvalue weighted by molar-refractivity contribution is 5.98. The maximum Gasteiger partial charge on any atom is 0.343 e. The first-order chi connectivity index (χ1) is 18.5. The van der Waals surface area contributed by atoms with Gasteiger partial charge in [0.25, 0.3) is 0 Å². The Labute approximate surface area is 220 Å². The second-order valence-corrected chi connectivity index (χ2v) is 9.36. The number of hydrogen-bond donors (Lipinski definition) is 0. The average Bonchev–Trinajstić information content (AvgIpc) is 3.55. The van der Waals surface area contributed by atoms with Gasteiger partial charge in [0.2, 0.25) is 12.5 Å². The highest BCUT2D eigenvalue weighted by Gasteiger charge is 2.47. The SMILES string of the molecule is COc1cccc(-c2c3c(c(OC)c4c2OCO4)C(C2OC(=O)c4c2ccc(OC)c4OC)N(C)CC3)c1. The van der Waals surface area contributed by atoms with E-state index >= 15 is 0 Å². The van der Waals surface area contributed by atoms with Crippen LogP contribution >= 0.6 is 0 Å². The molecular weight excluding hydrogens is 490 g/mol. The predicted octanol–water partition coefficient (Wildman–Crippen LogP) is 4.56. The summed E-state index contributed by atoms with van der Waals surface area (Å²) in [4.78, 5) is 15.4. The fourth-order valence-corrected chi connectivity index (χ4v) is 5.92. The number of rotatable bonds is 6. The van der Waals surface area contributed by atoms with E-state index in [2.05, 4.69) is 4.90 Å². The lowest BCUT2D eigenvalue weighted by Gasteiger charge is -2.39. The second-order valence-electron chi connectivity index (χ2n) is 9.36. The van der Waals surface area contributed by atoms with Crippen LogP contribution in [0.3, 0.4) is 0 Å². The summed E-state index contributed by atoms with van der Waals surface area (Å²) in [7, 11) is 8.35. The summed E-state index contributed by atoms with van der Waals surface area (Å²) in [6, 6.07) is 11.2. The lowest BCUT2D eigenvalue weighted by molar-refractivity contribution is 0.00877. The van der Waals surface area contributed by atoms with Gasteiger partial charge < -0.3 is 33.2 Å². The van der Waals surface area contributed by atoms with E-state index in [1.165, 1.54) is 7.11 Å². The summed E-state index contributed by atoms with van der Waals surface area (Å²) in [5.41, 5.74) is 4.96. The van der Waals surface area contributed by atoms with Gasteiger partial charge in [-0.15, -0.1) is 0 Å². The summed E-state index contributed by atoms with van der Waals surface area (Å²) >= 11 is 0. The minimum absolute atomic E-state index is 0.0876. The molecule has 0 saturated carbocycles. The predicted molar refractivity (Wildman–Crippen MR) is 138 cm³/mol. The molecule has 0 aliphatic carbocycles. The molecule has 9 heteroatoms.